The molecule has 0 unspecified atom stereocenters. The molecule has 4 heterocycles. The number of piperazine rings is 1. The molecule has 0 bridgehead atoms. The summed E-state index contributed by atoms with van der Waals surface area (Å²) in [7, 11) is 0. The van der Waals surface area contributed by atoms with Gasteiger partial charge in [0.05, 0.1) is 30.7 Å². The molecule has 37 heavy (non-hydrogen) atoms. The lowest BCUT2D eigenvalue weighted by Crippen LogP contribution is -2.56. The number of nitrogens with one attached hydrogen (secondary N) is 1. The lowest BCUT2D eigenvalue weighted by atomic mass is 9.92. The number of benzene rings is 1. The number of pyridine rings is 1. The van der Waals surface area contributed by atoms with Gasteiger partial charge >= 0.3 is 0 Å². The second-order valence-electron chi connectivity index (χ2n) is 10.8. The van der Waals surface area contributed by atoms with Crippen molar-refractivity contribution in [1.29, 1.82) is 0 Å². The number of aliphatic hydroxyl groups excluding tert-OH is 1. The molecule has 0 radical (unpaired) electrons. The zero-order valence-electron chi connectivity index (χ0n) is 21.7. The van der Waals surface area contributed by atoms with Crippen molar-refractivity contribution < 1.29 is 9.84 Å². The first-order valence-corrected chi connectivity index (χ1v) is 14.0. The Morgan fingerprint density at radius 2 is 1.81 bits per heavy atom. The summed E-state index contributed by atoms with van der Waals surface area (Å²) in [4.78, 5) is 28.5. The van der Waals surface area contributed by atoms with Crippen LogP contribution in [0.3, 0.4) is 0 Å². The van der Waals surface area contributed by atoms with E-state index in [1.165, 1.54) is 0 Å². The summed E-state index contributed by atoms with van der Waals surface area (Å²) in [6, 6.07) is 6.87. The number of ether oxygens (including phenoxy) is 1. The molecule has 9 heteroatoms. The van der Waals surface area contributed by atoms with Crippen LogP contribution in [0.15, 0.2) is 29.2 Å². The number of anilines is 2. The van der Waals surface area contributed by atoms with Gasteiger partial charge in [0.1, 0.15) is 5.65 Å². The molecule has 2 N–H and O–H groups in total. The summed E-state index contributed by atoms with van der Waals surface area (Å²) in [5, 5.41) is 16.0. The Bertz CT molecular complexity index is 1310. The minimum atomic E-state index is -0.281. The predicted octanol–water partition coefficient (Wildman–Crippen LogP) is 3.15. The van der Waals surface area contributed by atoms with E-state index in [9.17, 15) is 9.90 Å². The average molecular weight is 507 g/mol. The standard InChI is InChI=1S/C28H38N6O3/c1-2-3-10-29-28-30-16-25-23-9-6-20(32-11-13-33(14-12-32)21-17-37-18-21)15-24(23)27(36)34(26(25)31-28)19-4-7-22(35)8-5-19/h6,9,15-16,19,21-22,35H,2-5,7-8,10-14,17-18H2,1H3,(H,29,30,31)/t19-,22-. The summed E-state index contributed by atoms with van der Waals surface area (Å²) >= 11 is 0. The first kappa shape index (κ1) is 24.6. The van der Waals surface area contributed by atoms with E-state index in [-0.39, 0.29) is 17.7 Å². The Morgan fingerprint density at radius 1 is 1.03 bits per heavy atom. The first-order valence-electron chi connectivity index (χ1n) is 14.0. The molecule has 0 amide bonds. The maximum absolute atomic E-state index is 14.1. The minimum Gasteiger partial charge on any atom is -0.393 e. The van der Waals surface area contributed by atoms with Crippen LogP contribution in [0.2, 0.25) is 0 Å². The number of fused-ring (bicyclic) bond motifs is 3. The van der Waals surface area contributed by atoms with Crippen molar-refractivity contribution in [1.82, 2.24) is 19.4 Å². The van der Waals surface area contributed by atoms with Crippen LogP contribution in [0, 0.1) is 0 Å². The Labute approximate surface area is 217 Å². The van der Waals surface area contributed by atoms with Crippen LogP contribution in [0.25, 0.3) is 21.8 Å². The molecule has 3 fully saturated rings. The fourth-order valence-electron chi connectivity index (χ4n) is 6.01. The molecule has 2 saturated heterocycles. The van der Waals surface area contributed by atoms with Gasteiger partial charge in [0.2, 0.25) is 5.95 Å². The lowest BCUT2D eigenvalue weighted by Gasteiger charge is -2.43. The van der Waals surface area contributed by atoms with Crippen LogP contribution in [0.5, 0.6) is 0 Å². The highest BCUT2D eigenvalue weighted by Crippen LogP contribution is 2.33. The maximum atomic E-state index is 14.1. The third-order valence-electron chi connectivity index (χ3n) is 8.40. The normalized spacial score (nSPS) is 23.5. The fraction of sp³-hybridized carbons (Fsp3) is 0.607. The Hall–Kier alpha value is -2.75. The largest absolute Gasteiger partial charge is 0.393 e. The molecule has 6 rings (SSSR count). The molecular formula is C28H38N6O3. The Morgan fingerprint density at radius 3 is 2.51 bits per heavy atom. The number of nitrogens with zero attached hydrogens (tertiary/aromatic N) is 5. The zero-order valence-corrected chi connectivity index (χ0v) is 21.7. The highest BCUT2D eigenvalue weighted by atomic mass is 16.5. The zero-order chi connectivity index (χ0) is 25.4. The second-order valence-corrected chi connectivity index (χ2v) is 10.8. The molecule has 3 aliphatic rings. The summed E-state index contributed by atoms with van der Waals surface area (Å²) in [5.41, 5.74) is 1.80. The highest BCUT2D eigenvalue weighted by Gasteiger charge is 2.29. The summed E-state index contributed by atoms with van der Waals surface area (Å²) in [6.07, 6.45) is 6.68. The van der Waals surface area contributed by atoms with E-state index in [1.807, 2.05) is 10.8 Å². The lowest BCUT2D eigenvalue weighted by molar-refractivity contribution is -0.0660. The van der Waals surface area contributed by atoms with Crippen LogP contribution < -0.4 is 15.8 Å². The molecular weight excluding hydrogens is 468 g/mol. The molecule has 0 spiro atoms. The van der Waals surface area contributed by atoms with Gasteiger partial charge in [-0.2, -0.15) is 4.98 Å². The van der Waals surface area contributed by atoms with Crippen molar-refractivity contribution in [3.8, 4) is 0 Å². The molecule has 0 atom stereocenters. The molecule has 1 saturated carbocycles. The van der Waals surface area contributed by atoms with Crippen LogP contribution in [-0.4, -0.2) is 82.6 Å². The molecule has 198 valence electrons. The number of rotatable bonds is 7. The average Bonchev–Trinajstić information content (AvgIpc) is 2.89. The van der Waals surface area contributed by atoms with E-state index >= 15 is 0 Å². The van der Waals surface area contributed by atoms with Gasteiger partial charge in [-0.25, -0.2) is 4.98 Å². The SMILES string of the molecule is CCCCNc1ncc2c3ccc(N4CCN(C5COC5)CC4)cc3c(=O)n([C@H]3CC[C@H](O)CC3)c2n1. The van der Waals surface area contributed by atoms with Crippen molar-refractivity contribution in [2.45, 2.75) is 63.6 Å². The van der Waals surface area contributed by atoms with E-state index in [4.69, 9.17) is 9.72 Å². The maximum Gasteiger partial charge on any atom is 0.260 e. The molecule has 2 aromatic heterocycles. The van der Waals surface area contributed by atoms with Crippen LogP contribution in [0.1, 0.15) is 51.5 Å². The minimum absolute atomic E-state index is 0.00852. The third-order valence-corrected chi connectivity index (χ3v) is 8.40. The van der Waals surface area contributed by atoms with E-state index < -0.39 is 0 Å². The Balaban J connectivity index is 1.38. The van der Waals surface area contributed by atoms with Crippen molar-refractivity contribution in [2.24, 2.45) is 0 Å². The van der Waals surface area contributed by atoms with Gasteiger partial charge < -0.3 is 20.1 Å². The monoisotopic (exact) mass is 506 g/mol. The topological polar surface area (TPSA) is 95.8 Å². The summed E-state index contributed by atoms with van der Waals surface area (Å²) in [5.74, 6) is 0.565. The van der Waals surface area contributed by atoms with Crippen molar-refractivity contribution in [3.05, 3.63) is 34.7 Å². The van der Waals surface area contributed by atoms with Gasteiger partial charge in [-0.15, -0.1) is 0 Å². The second kappa shape index (κ2) is 10.6. The van der Waals surface area contributed by atoms with E-state index in [0.29, 0.717) is 30.5 Å². The summed E-state index contributed by atoms with van der Waals surface area (Å²) < 4.78 is 7.27. The van der Waals surface area contributed by atoms with Crippen LogP contribution in [0.4, 0.5) is 11.6 Å². The van der Waals surface area contributed by atoms with Gasteiger partial charge in [-0.3, -0.25) is 14.3 Å². The van der Waals surface area contributed by atoms with E-state index in [0.717, 1.165) is 93.5 Å². The molecule has 9 nitrogen and oxygen atoms in total. The van der Waals surface area contributed by atoms with Crippen molar-refractivity contribution in [2.75, 3.05) is 56.2 Å². The molecule has 1 aromatic carbocycles. The van der Waals surface area contributed by atoms with Crippen molar-refractivity contribution >= 4 is 33.4 Å². The summed E-state index contributed by atoms with van der Waals surface area (Å²) in [6.45, 7) is 8.57. The first-order chi connectivity index (χ1) is 18.1. The Kier molecular flexibility index (Phi) is 7.01. The number of hydrogen-bond donors (Lipinski definition) is 2. The molecule has 2 aliphatic heterocycles. The number of aromatic nitrogens is 3. The predicted molar refractivity (Wildman–Crippen MR) is 147 cm³/mol. The van der Waals surface area contributed by atoms with Crippen LogP contribution >= 0.6 is 0 Å². The van der Waals surface area contributed by atoms with Gasteiger partial charge in [-0.1, -0.05) is 19.4 Å². The highest BCUT2D eigenvalue weighted by molar-refractivity contribution is 6.05. The van der Waals surface area contributed by atoms with Gasteiger partial charge in [-0.05, 0) is 49.6 Å². The van der Waals surface area contributed by atoms with Crippen LogP contribution in [-0.2, 0) is 4.74 Å². The fourth-order valence-corrected chi connectivity index (χ4v) is 6.01. The van der Waals surface area contributed by atoms with E-state index in [2.05, 4.69) is 45.2 Å². The molecule has 3 aromatic rings. The smallest absolute Gasteiger partial charge is 0.260 e. The quantitative estimate of drug-likeness (QED) is 0.373. The number of unbranched alkanes of at least 4 members (excludes halogenated alkanes) is 1. The number of hydrogen-bond acceptors (Lipinski definition) is 8. The third kappa shape index (κ3) is 4.80. The van der Waals surface area contributed by atoms with Gasteiger partial charge in [0, 0.05) is 56.0 Å². The van der Waals surface area contributed by atoms with Crippen molar-refractivity contribution in [3.63, 3.8) is 0 Å². The molecule has 1 aliphatic carbocycles. The van der Waals surface area contributed by atoms with E-state index in [1.54, 1.807) is 0 Å². The van der Waals surface area contributed by atoms with Gasteiger partial charge in [0.15, 0.2) is 0 Å². The number of aliphatic hydroxyl groups is 1. The van der Waals surface area contributed by atoms with Gasteiger partial charge in [0.25, 0.3) is 5.56 Å².